The molecule has 1 rings (SSSR count). The summed E-state index contributed by atoms with van der Waals surface area (Å²) in [6.07, 6.45) is 0.992. The van der Waals surface area contributed by atoms with Crippen LogP contribution in [0.5, 0.6) is 0 Å². The van der Waals surface area contributed by atoms with Gasteiger partial charge in [0, 0.05) is 0 Å². The molecular weight excluding hydrogens is 310 g/mol. The predicted octanol–water partition coefficient (Wildman–Crippen LogP) is 2.01. The van der Waals surface area contributed by atoms with Crippen LogP contribution in [-0.2, 0) is 30.9 Å². The molecule has 0 aliphatic heterocycles. The SMILES string of the molecule is Cc1nc(COS(C)(=O)=O)oc1C(C)(C)O[SiH2]C(C)(C)C. The second kappa shape index (κ2) is 6.19. The van der Waals surface area contributed by atoms with Crippen LogP contribution in [0.25, 0.3) is 0 Å². The molecule has 0 fully saturated rings. The first-order valence-electron chi connectivity index (χ1n) is 6.75. The highest BCUT2D eigenvalue weighted by atomic mass is 32.2. The minimum atomic E-state index is -3.52. The molecule has 0 N–H and O–H groups in total. The third-order valence-corrected chi connectivity index (χ3v) is 4.93. The molecule has 1 aromatic heterocycles. The molecule has 1 heterocycles. The maximum Gasteiger partial charge on any atom is 0.264 e. The lowest BCUT2D eigenvalue weighted by Crippen LogP contribution is -2.27. The van der Waals surface area contributed by atoms with Crippen molar-refractivity contribution in [2.24, 2.45) is 0 Å². The molecular formula is C13H25NO5SSi. The van der Waals surface area contributed by atoms with E-state index in [1.54, 1.807) is 0 Å². The topological polar surface area (TPSA) is 78.6 Å². The van der Waals surface area contributed by atoms with Gasteiger partial charge >= 0.3 is 0 Å². The number of aromatic nitrogens is 1. The first-order valence-corrected chi connectivity index (χ1v) is 9.85. The van der Waals surface area contributed by atoms with Crippen molar-refractivity contribution in [1.29, 1.82) is 0 Å². The van der Waals surface area contributed by atoms with E-state index in [1.165, 1.54) is 0 Å². The lowest BCUT2D eigenvalue weighted by molar-refractivity contribution is 0.0787. The summed E-state index contributed by atoms with van der Waals surface area (Å²) in [6.45, 7) is 11.9. The van der Waals surface area contributed by atoms with Crippen LogP contribution in [0.1, 0.15) is 52.0 Å². The van der Waals surface area contributed by atoms with Gasteiger partial charge in [0.15, 0.2) is 15.5 Å². The molecule has 0 aliphatic carbocycles. The summed E-state index contributed by atoms with van der Waals surface area (Å²) in [6, 6.07) is 0. The predicted molar refractivity (Wildman–Crippen MR) is 83.2 cm³/mol. The molecule has 122 valence electrons. The largest absolute Gasteiger partial charge is 0.440 e. The Labute approximate surface area is 129 Å². The van der Waals surface area contributed by atoms with Crippen molar-refractivity contribution >= 4 is 19.9 Å². The van der Waals surface area contributed by atoms with Crippen LogP contribution < -0.4 is 0 Å². The number of oxazole rings is 1. The number of hydrogen-bond donors (Lipinski definition) is 0. The first-order chi connectivity index (χ1) is 9.30. The van der Waals surface area contributed by atoms with E-state index in [9.17, 15) is 8.42 Å². The highest BCUT2D eigenvalue weighted by Crippen LogP contribution is 2.31. The van der Waals surface area contributed by atoms with Crippen molar-refractivity contribution in [2.45, 2.75) is 58.8 Å². The summed E-state index contributed by atoms with van der Waals surface area (Å²) in [5, 5.41) is 0.174. The van der Waals surface area contributed by atoms with Crippen LogP contribution in [0.4, 0.5) is 0 Å². The smallest absolute Gasteiger partial charge is 0.264 e. The zero-order valence-electron chi connectivity index (χ0n) is 13.8. The van der Waals surface area contributed by atoms with Gasteiger partial charge in [0.25, 0.3) is 10.1 Å². The van der Waals surface area contributed by atoms with E-state index >= 15 is 0 Å². The van der Waals surface area contributed by atoms with Gasteiger partial charge in [0.05, 0.1) is 11.9 Å². The summed E-state index contributed by atoms with van der Waals surface area (Å²) >= 11 is 0. The lowest BCUT2D eigenvalue weighted by atomic mass is 10.1. The van der Waals surface area contributed by atoms with Gasteiger partial charge in [0.2, 0.25) is 5.89 Å². The second-order valence-electron chi connectivity index (χ2n) is 6.85. The van der Waals surface area contributed by atoms with E-state index in [4.69, 9.17) is 13.0 Å². The fourth-order valence-corrected chi connectivity index (χ4v) is 2.93. The van der Waals surface area contributed by atoms with Crippen LogP contribution in [0.15, 0.2) is 4.42 Å². The maximum absolute atomic E-state index is 11.0. The van der Waals surface area contributed by atoms with Crippen LogP contribution in [-0.4, -0.2) is 29.4 Å². The highest BCUT2D eigenvalue weighted by Gasteiger charge is 2.30. The second-order valence-corrected chi connectivity index (χ2v) is 11.2. The van der Waals surface area contributed by atoms with Gasteiger partial charge in [-0.15, -0.1) is 0 Å². The fraction of sp³-hybridized carbons (Fsp3) is 0.769. The molecule has 0 radical (unpaired) electrons. The molecule has 0 saturated carbocycles. The van der Waals surface area contributed by atoms with Crippen molar-refractivity contribution in [3.8, 4) is 0 Å². The van der Waals surface area contributed by atoms with Gasteiger partial charge in [0.1, 0.15) is 12.2 Å². The zero-order valence-corrected chi connectivity index (χ0v) is 16.0. The molecule has 0 atom stereocenters. The molecule has 6 nitrogen and oxygen atoms in total. The molecule has 21 heavy (non-hydrogen) atoms. The van der Waals surface area contributed by atoms with Gasteiger partial charge in [-0.25, -0.2) is 4.98 Å². The van der Waals surface area contributed by atoms with Crippen molar-refractivity contribution in [3.05, 3.63) is 17.3 Å². The van der Waals surface area contributed by atoms with E-state index in [0.717, 1.165) is 6.26 Å². The number of aryl methyl sites for hydroxylation is 1. The van der Waals surface area contributed by atoms with Gasteiger partial charge in [-0.05, 0) is 25.8 Å². The maximum atomic E-state index is 11.0. The number of hydrogen-bond acceptors (Lipinski definition) is 6. The molecule has 1 aromatic rings. The molecule has 0 amide bonds. The Hall–Kier alpha value is -0.703. The Morgan fingerprint density at radius 2 is 1.81 bits per heavy atom. The van der Waals surface area contributed by atoms with E-state index < -0.39 is 25.5 Å². The molecule has 0 spiro atoms. The third-order valence-electron chi connectivity index (χ3n) is 2.65. The average molecular weight is 335 g/mol. The molecule has 0 aromatic carbocycles. The Morgan fingerprint density at radius 1 is 1.24 bits per heavy atom. The summed E-state index contributed by atoms with van der Waals surface area (Å²) in [5.74, 6) is 0.855. The normalized spacial score (nSPS) is 14.2. The van der Waals surface area contributed by atoms with Gasteiger partial charge < -0.3 is 8.84 Å². The van der Waals surface area contributed by atoms with Crippen molar-refractivity contribution in [3.63, 3.8) is 0 Å². The minimum Gasteiger partial charge on any atom is -0.440 e. The number of nitrogens with zero attached hydrogens (tertiary/aromatic N) is 1. The van der Waals surface area contributed by atoms with E-state index in [0.29, 0.717) is 11.5 Å². The standard InChI is InChI=1S/C13H25NO5SSi/c1-9-11(13(5,6)19-21-12(2,3)4)18-10(14-9)8-17-20(7,15)16/h8,21H2,1-7H3. The molecule has 8 heteroatoms. The monoisotopic (exact) mass is 335 g/mol. The Morgan fingerprint density at radius 3 is 2.29 bits per heavy atom. The minimum absolute atomic E-state index is 0.174. The Kier molecular flexibility index (Phi) is 5.41. The summed E-state index contributed by atoms with van der Waals surface area (Å²) in [4.78, 5) is 4.20. The molecule has 0 aliphatic rings. The van der Waals surface area contributed by atoms with Crippen molar-refractivity contribution < 1.29 is 21.4 Å². The van der Waals surface area contributed by atoms with Crippen LogP contribution in [0, 0.1) is 6.92 Å². The molecule has 0 bridgehead atoms. The molecule has 0 saturated heterocycles. The van der Waals surface area contributed by atoms with Crippen LogP contribution in [0.3, 0.4) is 0 Å². The fourth-order valence-electron chi connectivity index (χ4n) is 1.69. The van der Waals surface area contributed by atoms with Crippen molar-refractivity contribution in [1.82, 2.24) is 4.98 Å². The lowest BCUT2D eigenvalue weighted by Gasteiger charge is -2.28. The van der Waals surface area contributed by atoms with Gasteiger partial charge in [-0.3, -0.25) is 4.18 Å². The molecule has 0 unspecified atom stereocenters. The first kappa shape index (κ1) is 18.3. The van der Waals surface area contributed by atoms with E-state index in [2.05, 4.69) is 25.8 Å². The highest BCUT2D eigenvalue weighted by molar-refractivity contribution is 7.85. The van der Waals surface area contributed by atoms with Crippen molar-refractivity contribution in [2.75, 3.05) is 6.26 Å². The Balaban J connectivity index is 2.85. The summed E-state index contributed by atoms with van der Waals surface area (Å²) < 4.78 is 38.4. The quantitative estimate of drug-likeness (QED) is 0.584. The third kappa shape index (κ3) is 6.29. The van der Waals surface area contributed by atoms with E-state index in [-0.39, 0.29) is 17.5 Å². The number of rotatable bonds is 6. The van der Waals surface area contributed by atoms with Crippen LogP contribution in [0.2, 0.25) is 5.04 Å². The van der Waals surface area contributed by atoms with Gasteiger partial charge in [-0.1, -0.05) is 20.8 Å². The summed E-state index contributed by atoms with van der Waals surface area (Å²) in [7, 11) is -4.27. The average Bonchev–Trinajstić information content (AvgIpc) is 2.65. The van der Waals surface area contributed by atoms with Gasteiger partial charge in [-0.2, -0.15) is 8.42 Å². The van der Waals surface area contributed by atoms with Crippen LogP contribution >= 0.6 is 0 Å². The Bertz CT molecular complexity index is 586. The zero-order chi connectivity index (χ0) is 16.5. The van der Waals surface area contributed by atoms with E-state index in [1.807, 2.05) is 20.8 Å². The summed E-state index contributed by atoms with van der Waals surface area (Å²) in [5.41, 5.74) is 0.106.